The van der Waals surface area contributed by atoms with Crippen LogP contribution in [0.4, 0.5) is 9.59 Å². The maximum atomic E-state index is 12.6. The number of nitrogens with one attached hydrogen (secondary N) is 1. The van der Waals surface area contributed by atoms with Gasteiger partial charge in [-0.25, -0.2) is 9.59 Å². The van der Waals surface area contributed by atoms with Crippen LogP contribution in [0.1, 0.15) is 12.8 Å². The summed E-state index contributed by atoms with van der Waals surface area (Å²) >= 11 is 0. The molecule has 3 aliphatic heterocycles. The van der Waals surface area contributed by atoms with Crippen LogP contribution < -0.4 is 5.32 Å². The number of piperidine rings is 1. The molecule has 1 unspecified atom stereocenters. The third-order valence-electron chi connectivity index (χ3n) is 5.86. The van der Waals surface area contributed by atoms with Crippen LogP contribution >= 0.6 is 0 Å². The molecular weight excluding hydrogens is 366 g/mol. The topological polar surface area (TPSA) is 94.7 Å². The van der Waals surface area contributed by atoms with Crippen LogP contribution in [0.25, 0.3) is 0 Å². The van der Waals surface area contributed by atoms with Gasteiger partial charge in [0.15, 0.2) is 0 Å². The Labute approximate surface area is 165 Å². The number of likely N-dealkylation sites (N-methyl/N-ethyl adjacent to an activating group) is 2. The fourth-order valence-electron chi connectivity index (χ4n) is 3.93. The summed E-state index contributed by atoms with van der Waals surface area (Å²) in [4.78, 5) is 43.7. The van der Waals surface area contributed by atoms with Crippen LogP contribution in [0.2, 0.25) is 0 Å². The SMILES string of the molecule is COCCN(C)CCN1CC2(CCN(C(=O)C3CN(C)C(=O)N3)CC2)OC1=O. The van der Waals surface area contributed by atoms with Crippen LogP contribution in [0.5, 0.6) is 0 Å². The standard InChI is InChI=1S/C18H31N5O5/c1-20(10-11-27-3)8-9-23-13-18(28-17(23)26)4-6-22(7-5-18)15(24)14-12-21(2)16(25)19-14/h14H,4-13H2,1-3H3,(H,19,25). The summed E-state index contributed by atoms with van der Waals surface area (Å²) in [6.07, 6.45) is 0.971. The molecule has 1 atom stereocenters. The third-order valence-corrected chi connectivity index (χ3v) is 5.86. The van der Waals surface area contributed by atoms with Gasteiger partial charge in [0, 0.05) is 59.7 Å². The highest BCUT2D eigenvalue weighted by Crippen LogP contribution is 2.33. The molecule has 10 nitrogen and oxygen atoms in total. The molecule has 158 valence electrons. The Morgan fingerprint density at radius 1 is 1.32 bits per heavy atom. The van der Waals surface area contributed by atoms with E-state index in [1.165, 1.54) is 4.90 Å². The molecule has 28 heavy (non-hydrogen) atoms. The molecule has 1 N–H and O–H groups in total. The first kappa shape index (κ1) is 20.7. The second kappa shape index (κ2) is 8.52. The molecule has 10 heteroatoms. The van der Waals surface area contributed by atoms with E-state index in [-0.39, 0.29) is 18.0 Å². The van der Waals surface area contributed by atoms with Crippen LogP contribution in [-0.2, 0) is 14.3 Å². The predicted molar refractivity (Wildman–Crippen MR) is 101 cm³/mol. The molecule has 3 saturated heterocycles. The number of likely N-dealkylation sites (tertiary alicyclic amines) is 1. The Hall–Kier alpha value is -2.07. The summed E-state index contributed by atoms with van der Waals surface area (Å²) in [7, 11) is 5.35. The molecule has 0 aromatic rings. The highest BCUT2D eigenvalue weighted by molar-refractivity contribution is 5.90. The van der Waals surface area contributed by atoms with E-state index in [2.05, 4.69) is 10.2 Å². The van der Waals surface area contributed by atoms with Crippen LogP contribution in [0.15, 0.2) is 0 Å². The zero-order valence-electron chi connectivity index (χ0n) is 17.0. The van der Waals surface area contributed by atoms with Crippen molar-refractivity contribution in [3.8, 4) is 0 Å². The van der Waals surface area contributed by atoms with Gasteiger partial charge >= 0.3 is 12.1 Å². The predicted octanol–water partition coefficient (Wildman–Crippen LogP) is -0.598. The van der Waals surface area contributed by atoms with E-state index in [0.717, 1.165) is 13.1 Å². The Bertz CT molecular complexity index is 607. The van der Waals surface area contributed by atoms with Crippen molar-refractivity contribution in [2.45, 2.75) is 24.5 Å². The Kier molecular flexibility index (Phi) is 6.29. The number of ether oxygens (including phenoxy) is 2. The van der Waals surface area contributed by atoms with Gasteiger partial charge in [0.1, 0.15) is 11.6 Å². The van der Waals surface area contributed by atoms with Crippen LogP contribution in [-0.4, -0.2) is 123 Å². The van der Waals surface area contributed by atoms with Gasteiger partial charge in [0.25, 0.3) is 0 Å². The minimum absolute atomic E-state index is 0.0616. The van der Waals surface area contributed by atoms with Crippen molar-refractivity contribution in [1.82, 2.24) is 24.9 Å². The number of urea groups is 1. The number of carbonyl (C=O) groups excluding carboxylic acids is 3. The average molecular weight is 397 g/mol. The fraction of sp³-hybridized carbons (Fsp3) is 0.833. The molecule has 1 spiro atoms. The lowest BCUT2D eigenvalue weighted by molar-refractivity contribution is -0.136. The molecule has 3 fully saturated rings. The van der Waals surface area contributed by atoms with Crippen LogP contribution in [0.3, 0.4) is 0 Å². The lowest BCUT2D eigenvalue weighted by atomic mass is 9.91. The highest BCUT2D eigenvalue weighted by Gasteiger charge is 2.48. The van der Waals surface area contributed by atoms with Crippen molar-refractivity contribution in [2.24, 2.45) is 0 Å². The second-order valence-electron chi connectivity index (χ2n) is 7.98. The van der Waals surface area contributed by atoms with Gasteiger partial charge in [-0.15, -0.1) is 0 Å². The first-order chi connectivity index (χ1) is 13.3. The van der Waals surface area contributed by atoms with E-state index in [9.17, 15) is 14.4 Å². The van der Waals surface area contributed by atoms with Crippen molar-refractivity contribution in [2.75, 3.05) is 73.6 Å². The van der Waals surface area contributed by atoms with E-state index in [1.807, 2.05) is 7.05 Å². The van der Waals surface area contributed by atoms with Gasteiger partial charge < -0.3 is 34.4 Å². The maximum Gasteiger partial charge on any atom is 0.410 e. The lowest BCUT2D eigenvalue weighted by Gasteiger charge is -2.38. The van der Waals surface area contributed by atoms with E-state index in [1.54, 1.807) is 24.0 Å². The van der Waals surface area contributed by atoms with E-state index in [0.29, 0.717) is 52.2 Å². The first-order valence-corrected chi connectivity index (χ1v) is 9.79. The summed E-state index contributed by atoms with van der Waals surface area (Å²) in [6.45, 7) is 4.86. The number of amides is 4. The zero-order chi connectivity index (χ0) is 20.3. The number of hydrogen-bond donors (Lipinski definition) is 1. The van der Waals surface area contributed by atoms with Gasteiger partial charge in [-0.2, -0.15) is 0 Å². The minimum Gasteiger partial charge on any atom is -0.441 e. The number of nitrogens with zero attached hydrogens (tertiary/aromatic N) is 4. The lowest BCUT2D eigenvalue weighted by Crippen LogP contribution is -2.53. The van der Waals surface area contributed by atoms with E-state index in [4.69, 9.17) is 9.47 Å². The van der Waals surface area contributed by atoms with Crippen molar-refractivity contribution in [3.05, 3.63) is 0 Å². The summed E-state index contributed by atoms with van der Waals surface area (Å²) in [6, 6.07) is -0.709. The molecular formula is C18H31N5O5. The molecule has 0 radical (unpaired) electrons. The quantitative estimate of drug-likeness (QED) is 0.617. The molecule has 0 aromatic carbocycles. The number of methoxy groups -OCH3 is 1. The number of carbonyl (C=O) groups is 3. The van der Waals surface area contributed by atoms with E-state index >= 15 is 0 Å². The van der Waals surface area contributed by atoms with E-state index < -0.39 is 11.6 Å². The molecule has 3 aliphatic rings. The number of hydrogen-bond acceptors (Lipinski definition) is 6. The van der Waals surface area contributed by atoms with Gasteiger partial charge in [-0.3, -0.25) is 4.79 Å². The van der Waals surface area contributed by atoms with Gasteiger partial charge in [-0.1, -0.05) is 0 Å². The number of rotatable bonds is 7. The maximum absolute atomic E-state index is 12.6. The minimum atomic E-state index is -0.505. The van der Waals surface area contributed by atoms with Gasteiger partial charge in [0.2, 0.25) is 5.91 Å². The molecule has 0 aliphatic carbocycles. The Balaban J connectivity index is 1.46. The molecule has 3 heterocycles. The van der Waals surface area contributed by atoms with Crippen molar-refractivity contribution in [3.63, 3.8) is 0 Å². The molecule has 0 aromatic heterocycles. The van der Waals surface area contributed by atoms with Crippen LogP contribution in [0, 0.1) is 0 Å². The summed E-state index contributed by atoms with van der Waals surface area (Å²) in [5, 5.41) is 2.71. The Morgan fingerprint density at radius 2 is 2.04 bits per heavy atom. The zero-order valence-corrected chi connectivity index (χ0v) is 17.0. The smallest absolute Gasteiger partial charge is 0.410 e. The normalized spacial score (nSPS) is 24.3. The summed E-state index contributed by atoms with van der Waals surface area (Å²) < 4.78 is 10.8. The third kappa shape index (κ3) is 4.49. The molecule has 0 saturated carbocycles. The monoisotopic (exact) mass is 397 g/mol. The Morgan fingerprint density at radius 3 is 2.64 bits per heavy atom. The van der Waals surface area contributed by atoms with Crippen molar-refractivity contribution < 1.29 is 23.9 Å². The first-order valence-electron chi connectivity index (χ1n) is 9.79. The molecule has 0 bridgehead atoms. The fourth-order valence-corrected chi connectivity index (χ4v) is 3.93. The van der Waals surface area contributed by atoms with Gasteiger partial charge in [0.05, 0.1) is 19.7 Å². The molecule has 3 rings (SSSR count). The van der Waals surface area contributed by atoms with Gasteiger partial charge in [-0.05, 0) is 7.05 Å². The van der Waals surface area contributed by atoms with Crippen molar-refractivity contribution >= 4 is 18.0 Å². The largest absolute Gasteiger partial charge is 0.441 e. The second-order valence-corrected chi connectivity index (χ2v) is 7.98. The highest BCUT2D eigenvalue weighted by atomic mass is 16.6. The van der Waals surface area contributed by atoms with Crippen molar-refractivity contribution in [1.29, 1.82) is 0 Å². The summed E-state index contributed by atoms with van der Waals surface area (Å²) in [5.74, 6) is -0.0616. The average Bonchev–Trinajstić information content (AvgIpc) is 3.17. The molecule has 4 amide bonds. The summed E-state index contributed by atoms with van der Waals surface area (Å²) in [5.41, 5.74) is -0.505.